The molecule has 0 saturated carbocycles. The molecule has 1 aliphatic rings. The maximum absolute atomic E-state index is 11.6. The highest BCUT2D eigenvalue weighted by molar-refractivity contribution is 5.78. The molecule has 2 unspecified atom stereocenters. The van der Waals surface area contributed by atoms with E-state index in [1.807, 2.05) is 6.07 Å². The molecule has 0 bridgehead atoms. The van der Waals surface area contributed by atoms with Crippen molar-refractivity contribution >= 4 is 11.9 Å². The van der Waals surface area contributed by atoms with Crippen molar-refractivity contribution in [1.29, 1.82) is 5.26 Å². The van der Waals surface area contributed by atoms with Gasteiger partial charge in [-0.2, -0.15) is 5.26 Å². The Labute approximate surface area is 99.2 Å². The number of esters is 1. The molecule has 6 nitrogen and oxygen atoms in total. The largest absolute Gasteiger partial charge is 0.469 e. The summed E-state index contributed by atoms with van der Waals surface area (Å²) in [7, 11) is 1.26. The lowest BCUT2D eigenvalue weighted by molar-refractivity contribution is -0.162. The minimum Gasteiger partial charge on any atom is -0.469 e. The van der Waals surface area contributed by atoms with Gasteiger partial charge in [-0.1, -0.05) is 0 Å². The molecule has 1 rings (SSSR count). The number of nitriles is 1. The smallest absolute Gasteiger partial charge is 0.315 e. The van der Waals surface area contributed by atoms with Gasteiger partial charge >= 0.3 is 5.97 Å². The van der Waals surface area contributed by atoms with Gasteiger partial charge in [-0.3, -0.25) is 9.59 Å². The van der Waals surface area contributed by atoms with Crippen molar-refractivity contribution in [1.82, 2.24) is 5.32 Å². The molecule has 0 radical (unpaired) electrons. The molecule has 1 heterocycles. The second-order valence-corrected chi connectivity index (χ2v) is 3.88. The molecule has 0 spiro atoms. The van der Waals surface area contributed by atoms with E-state index in [4.69, 9.17) is 10.00 Å². The molecule has 0 fully saturated rings. The number of carbonyl (C=O) groups excluding carboxylic acids is 2. The van der Waals surface area contributed by atoms with Gasteiger partial charge in [0.25, 0.3) is 0 Å². The normalized spacial score (nSPS) is 27.2. The Balaban J connectivity index is 3.02. The summed E-state index contributed by atoms with van der Waals surface area (Å²) < 4.78 is 9.99. The summed E-state index contributed by atoms with van der Waals surface area (Å²) >= 11 is 0. The molecular weight excluding hydrogens is 224 g/mol. The third kappa shape index (κ3) is 2.75. The molecule has 92 valence electrons. The van der Waals surface area contributed by atoms with Crippen molar-refractivity contribution in [3.8, 4) is 6.07 Å². The van der Waals surface area contributed by atoms with E-state index < -0.39 is 17.6 Å². The number of carbonyl (C=O) groups is 2. The molecule has 0 aromatic rings. The highest BCUT2D eigenvalue weighted by Gasteiger charge is 2.45. The van der Waals surface area contributed by atoms with Crippen LogP contribution in [0.2, 0.25) is 0 Å². The number of hydrogen-bond acceptors (Lipinski definition) is 5. The molecule has 1 amide bonds. The number of hydrogen-bond donors (Lipinski definition) is 1. The highest BCUT2D eigenvalue weighted by Crippen LogP contribution is 2.31. The molecule has 0 aliphatic carbocycles. The molecule has 0 aromatic carbocycles. The highest BCUT2D eigenvalue weighted by atomic mass is 16.5. The Bertz CT molecular complexity index is 410. The average molecular weight is 238 g/mol. The summed E-state index contributed by atoms with van der Waals surface area (Å²) in [6.45, 7) is 2.85. The average Bonchev–Trinajstić information content (AvgIpc) is 2.26. The van der Waals surface area contributed by atoms with Crippen molar-refractivity contribution < 1.29 is 19.1 Å². The van der Waals surface area contributed by atoms with Crippen LogP contribution in [0.1, 0.15) is 20.3 Å². The van der Waals surface area contributed by atoms with E-state index in [2.05, 4.69) is 10.1 Å². The molecule has 0 aromatic heterocycles. The Morgan fingerprint density at radius 1 is 1.71 bits per heavy atom. The van der Waals surface area contributed by atoms with Gasteiger partial charge < -0.3 is 14.8 Å². The lowest BCUT2D eigenvalue weighted by Gasteiger charge is -2.38. The van der Waals surface area contributed by atoms with Gasteiger partial charge in [0.05, 0.1) is 7.11 Å². The fourth-order valence-corrected chi connectivity index (χ4v) is 1.78. The monoisotopic (exact) mass is 238 g/mol. The third-order valence-electron chi connectivity index (χ3n) is 2.55. The Morgan fingerprint density at radius 2 is 2.35 bits per heavy atom. The number of nitrogens with one attached hydrogen (secondary N) is 1. The molecule has 1 aliphatic heterocycles. The summed E-state index contributed by atoms with van der Waals surface area (Å²) in [5.74, 6) is -1.43. The Morgan fingerprint density at radius 3 is 2.82 bits per heavy atom. The number of nitrogens with zero attached hydrogens (tertiary/aromatic N) is 1. The van der Waals surface area contributed by atoms with Gasteiger partial charge in [-0.15, -0.1) is 0 Å². The number of allylic oxidation sites excluding steroid dienone is 2. The lowest BCUT2D eigenvalue weighted by atomic mass is 9.90. The summed E-state index contributed by atoms with van der Waals surface area (Å²) in [5, 5.41) is 11.3. The van der Waals surface area contributed by atoms with Gasteiger partial charge in [0.2, 0.25) is 5.91 Å². The van der Waals surface area contributed by atoms with Crippen LogP contribution in [-0.2, 0) is 19.1 Å². The minimum absolute atomic E-state index is 0.0846. The van der Waals surface area contributed by atoms with Crippen molar-refractivity contribution in [2.24, 2.45) is 5.92 Å². The first-order valence-electron chi connectivity index (χ1n) is 5.08. The van der Waals surface area contributed by atoms with Gasteiger partial charge in [0.1, 0.15) is 12.0 Å². The molecule has 1 N–H and O–H groups in total. The van der Waals surface area contributed by atoms with E-state index in [1.165, 1.54) is 20.1 Å². The predicted molar refractivity (Wildman–Crippen MR) is 57.1 cm³/mol. The number of ether oxygens (including phenoxy) is 2. The number of rotatable bonds is 2. The number of amides is 1. The SMILES string of the molecule is COC(=O)C1CC=C(C#N)OC1(C)NC(C)=O. The summed E-state index contributed by atoms with van der Waals surface area (Å²) in [6, 6.07) is 1.85. The van der Waals surface area contributed by atoms with Crippen molar-refractivity contribution in [2.75, 3.05) is 7.11 Å². The van der Waals surface area contributed by atoms with E-state index in [0.717, 1.165) is 0 Å². The van der Waals surface area contributed by atoms with Crippen LogP contribution in [0.4, 0.5) is 0 Å². The predicted octanol–water partition coefficient (Wildman–Crippen LogP) is 0.456. The van der Waals surface area contributed by atoms with E-state index >= 15 is 0 Å². The zero-order valence-corrected chi connectivity index (χ0v) is 9.94. The quantitative estimate of drug-likeness (QED) is 0.706. The fraction of sp³-hybridized carbons (Fsp3) is 0.545. The van der Waals surface area contributed by atoms with Crippen LogP contribution < -0.4 is 5.32 Å². The first kappa shape index (κ1) is 13.0. The van der Waals surface area contributed by atoms with E-state index in [9.17, 15) is 9.59 Å². The summed E-state index contributed by atoms with van der Waals surface area (Å²) in [4.78, 5) is 22.7. The molecule has 6 heteroatoms. The molecule has 17 heavy (non-hydrogen) atoms. The zero-order valence-electron chi connectivity index (χ0n) is 9.94. The van der Waals surface area contributed by atoms with Gasteiger partial charge in [0, 0.05) is 6.92 Å². The van der Waals surface area contributed by atoms with Gasteiger partial charge in [0.15, 0.2) is 11.5 Å². The van der Waals surface area contributed by atoms with Crippen LogP contribution in [0.3, 0.4) is 0 Å². The molecule has 2 atom stereocenters. The molecule has 0 saturated heterocycles. The first-order chi connectivity index (χ1) is 7.92. The van der Waals surface area contributed by atoms with E-state index in [0.29, 0.717) is 0 Å². The van der Waals surface area contributed by atoms with E-state index in [1.54, 1.807) is 6.92 Å². The van der Waals surface area contributed by atoms with Crippen LogP contribution in [0.15, 0.2) is 11.8 Å². The maximum Gasteiger partial charge on any atom is 0.315 e. The van der Waals surface area contributed by atoms with Gasteiger partial charge in [-0.05, 0) is 19.4 Å². The minimum atomic E-state index is -1.25. The van der Waals surface area contributed by atoms with Crippen LogP contribution in [0, 0.1) is 17.2 Å². The van der Waals surface area contributed by atoms with E-state index in [-0.39, 0.29) is 18.1 Å². The fourth-order valence-electron chi connectivity index (χ4n) is 1.78. The number of methoxy groups -OCH3 is 1. The van der Waals surface area contributed by atoms with Crippen LogP contribution >= 0.6 is 0 Å². The van der Waals surface area contributed by atoms with Crippen molar-refractivity contribution in [3.05, 3.63) is 11.8 Å². The van der Waals surface area contributed by atoms with Crippen LogP contribution in [-0.4, -0.2) is 24.7 Å². The van der Waals surface area contributed by atoms with Crippen molar-refractivity contribution in [2.45, 2.75) is 26.0 Å². The topological polar surface area (TPSA) is 88.4 Å². The second kappa shape index (κ2) is 4.87. The third-order valence-corrected chi connectivity index (χ3v) is 2.55. The lowest BCUT2D eigenvalue weighted by Crippen LogP contribution is -2.56. The van der Waals surface area contributed by atoms with Gasteiger partial charge in [-0.25, -0.2) is 0 Å². The Kier molecular flexibility index (Phi) is 3.73. The summed E-state index contributed by atoms with van der Waals surface area (Å²) in [6.07, 6.45) is 1.79. The maximum atomic E-state index is 11.6. The molecular formula is C11H14N2O4. The van der Waals surface area contributed by atoms with Crippen molar-refractivity contribution in [3.63, 3.8) is 0 Å². The first-order valence-corrected chi connectivity index (χ1v) is 5.08. The Hall–Kier alpha value is -2.03. The van der Waals surface area contributed by atoms with Crippen LogP contribution in [0.25, 0.3) is 0 Å². The standard InChI is InChI=1S/C11H14N2O4/c1-7(14)13-11(2)9(10(15)16-3)5-4-8(6-12)17-11/h4,9H,5H2,1-3H3,(H,13,14). The second-order valence-electron chi connectivity index (χ2n) is 3.88. The van der Waals surface area contributed by atoms with Crippen LogP contribution in [0.5, 0.6) is 0 Å². The zero-order chi connectivity index (χ0) is 13.1. The summed E-state index contributed by atoms with van der Waals surface area (Å²) in [5.41, 5.74) is -1.25.